The van der Waals surface area contributed by atoms with E-state index in [1.807, 2.05) is 0 Å². The van der Waals surface area contributed by atoms with Gasteiger partial charge in [-0.2, -0.15) is 13.2 Å². The van der Waals surface area contributed by atoms with Crippen LogP contribution in [0.25, 0.3) is 11.3 Å². The molecule has 3 rings (SSSR count). The summed E-state index contributed by atoms with van der Waals surface area (Å²) in [5, 5.41) is 18.1. The topological polar surface area (TPSA) is 87.7 Å². The van der Waals surface area contributed by atoms with Gasteiger partial charge in [0.05, 0.1) is 11.3 Å². The van der Waals surface area contributed by atoms with Crippen LogP contribution in [0.3, 0.4) is 0 Å². The van der Waals surface area contributed by atoms with Gasteiger partial charge in [0.1, 0.15) is 5.02 Å². The maximum atomic E-state index is 12.6. The predicted molar refractivity (Wildman–Crippen MR) is 86.3 cm³/mol. The molecule has 1 unspecified atom stereocenters. The molecule has 6 nitrogen and oxygen atoms in total. The Morgan fingerprint density at radius 3 is 2.62 bits per heavy atom. The molecule has 138 valence electrons. The van der Waals surface area contributed by atoms with Gasteiger partial charge in [0.25, 0.3) is 5.91 Å². The zero-order chi connectivity index (χ0) is 18.9. The number of carbonyl (C=O) groups excluding carboxylic acids is 1. The molecule has 1 aromatic heterocycles. The fourth-order valence-corrected chi connectivity index (χ4v) is 2.97. The summed E-state index contributed by atoms with van der Waals surface area (Å²) in [5.41, 5.74) is -0.106. The molecule has 0 radical (unpaired) electrons. The summed E-state index contributed by atoms with van der Waals surface area (Å²) >= 11 is 6.12. The third-order valence-corrected chi connectivity index (χ3v) is 4.42. The molecule has 1 atom stereocenters. The minimum atomic E-state index is -4.45. The van der Waals surface area contributed by atoms with Crippen LogP contribution in [0.4, 0.5) is 13.2 Å². The van der Waals surface area contributed by atoms with Gasteiger partial charge < -0.3 is 15.0 Å². The highest BCUT2D eigenvalue weighted by Crippen LogP contribution is 2.34. The minimum Gasteiger partial charge on any atom is -0.411 e. The fourth-order valence-electron chi connectivity index (χ4n) is 2.71. The highest BCUT2D eigenvalue weighted by Gasteiger charge is 2.31. The molecule has 1 aliphatic rings. The van der Waals surface area contributed by atoms with Gasteiger partial charge in [-0.1, -0.05) is 34.0 Å². The van der Waals surface area contributed by atoms with E-state index in [1.165, 1.54) is 12.1 Å². The average Bonchev–Trinajstić information content (AvgIpc) is 3.20. The van der Waals surface area contributed by atoms with Gasteiger partial charge in [-0.3, -0.25) is 4.79 Å². The number of hydrogen-bond donors (Lipinski definition) is 2. The molecule has 0 spiro atoms. The zero-order valence-corrected chi connectivity index (χ0v) is 13.9. The molecule has 0 aliphatic heterocycles. The van der Waals surface area contributed by atoms with Crippen LogP contribution in [0.5, 0.6) is 0 Å². The lowest BCUT2D eigenvalue weighted by atomic mass is 10.1. The number of rotatable bonds is 3. The number of nitrogens with zero attached hydrogens (tertiary/aromatic N) is 2. The van der Waals surface area contributed by atoms with Crippen molar-refractivity contribution in [3.05, 3.63) is 40.5 Å². The Morgan fingerprint density at radius 2 is 2.04 bits per heavy atom. The molecular formula is C16H13ClF3N3O3. The van der Waals surface area contributed by atoms with Crippen LogP contribution in [0.1, 0.15) is 35.3 Å². The molecular weight excluding hydrogens is 375 g/mol. The predicted octanol–water partition coefficient (Wildman–Crippen LogP) is 4.13. The van der Waals surface area contributed by atoms with Crippen LogP contribution in [0.2, 0.25) is 5.02 Å². The van der Waals surface area contributed by atoms with E-state index < -0.39 is 17.6 Å². The summed E-state index contributed by atoms with van der Waals surface area (Å²) in [4.78, 5) is 12.3. The molecule has 2 aromatic rings. The minimum absolute atomic E-state index is 0.00886. The van der Waals surface area contributed by atoms with E-state index >= 15 is 0 Å². The molecule has 0 saturated heterocycles. The van der Waals surface area contributed by atoms with Crippen molar-refractivity contribution in [2.45, 2.75) is 31.5 Å². The monoisotopic (exact) mass is 387 g/mol. The first-order valence-electron chi connectivity index (χ1n) is 7.63. The standard InChI is InChI=1S/C16H13ClF3N3O3/c17-12-13(15(24)21-10-5-6-11(7-10)22-25)23-26-14(12)8-1-3-9(4-2-8)16(18,19)20/h1-4,10,25H,5-7H2,(H,21,24). The number of halogens is 4. The smallest absolute Gasteiger partial charge is 0.411 e. The number of amides is 1. The molecule has 10 heteroatoms. The number of oxime groups is 1. The van der Waals surface area contributed by atoms with Gasteiger partial charge in [0.15, 0.2) is 11.5 Å². The van der Waals surface area contributed by atoms with E-state index in [0.717, 1.165) is 12.1 Å². The average molecular weight is 388 g/mol. The molecule has 1 fully saturated rings. The Morgan fingerprint density at radius 1 is 1.35 bits per heavy atom. The second kappa shape index (κ2) is 6.99. The number of benzene rings is 1. The third kappa shape index (κ3) is 3.67. The van der Waals surface area contributed by atoms with Crippen molar-refractivity contribution >= 4 is 23.2 Å². The number of alkyl halides is 3. The van der Waals surface area contributed by atoms with Gasteiger partial charge in [0.2, 0.25) is 0 Å². The molecule has 2 N–H and O–H groups in total. The lowest BCUT2D eigenvalue weighted by Gasteiger charge is -2.09. The number of nitrogens with one attached hydrogen (secondary N) is 1. The van der Waals surface area contributed by atoms with E-state index in [-0.39, 0.29) is 28.1 Å². The zero-order valence-electron chi connectivity index (χ0n) is 13.2. The SMILES string of the molecule is O=C(NC1CCC(=NO)C1)c1noc(-c2ccc(C(F)(F)F)cc2)c1Cl. The number of carbonyl (C=O) groups is 1. The largest absolute Gasteiger partial charge is 0.416 e. The van der Waals surface area contributed by atoms with Crippen LogP contribution in [-0.2, 0) is 6.18 Å². The summed E-state index contributed by atoms with van der Waals surface area (Å²) < 4.78 is 42.9. The van der Waals surface area contributed by atoms with Crippen LogP contribution < -0.4 is 5.32 Å². The molecule has 1 aromatic carbocycles. The molecule has 26 heavy (non-hydrogen) atoms. The van der Waals surface area contributed by atoms with E-state index in [0.29, 0.717) is 25.0 Å². The summed E-state index contributed by atoms with van der Waals surface area (Å²) in [7, 11) is 0. The first-order valence-corrected chi connectivity index (χ1v) is 8.01. The lowest BCUT2D eigenvalue weighted by molar-refractivity contribution is -0.137. The van der Waals surface area contributed by atoms with Crippen molar-refractivity contribution in [3.63, 3.8) is 0 Å². The second-order valence-electron chi connectivity index (χ2n) is 5.83. The summed E-state index contributed by atoms with van der Waals surface area (Å²) in [5.74, 6) is -0.560. The van der Waals surface area contributed by atoms with E-state index in [2.05, 4.69) is 15.6 Å². The van der Waals surface area contributed by atoms with Crippen molar-refractivity contribution in [1.82, 2.24) is 10.5 Å². The molecule has 1 aliphatic carbocycles. The summed E-state index contributed by atoms with van der Waals surface area (Å²) in [6.07, 6.45) is -2.84. The van der Waals surface area contributed by atoms with Crippen molar-refractivity contribution in [3.8, 4) is 11.3 Å². The third-order valence-electron chi connectivity index (χ3n) is 4.07. The van der Waals surface area contributed by atoms with Crippen LogP contribution in [0, 0.1) is 0 Å². The highest BCUT2D eigenvalue weighted by molar-refractivity contribution is 6.35. The molecule has 1 heterocycles. The maximum Gasteiger partial charge on any atom is 0.416 e. The maximum absolute atomic E-state index is 12.6. The Labute approximate surface area is 150 Å². The van der Waals surface area contributed by atoms with Crippen LogP contribution >= 0.6 is 11.6 Å². The highest BCUT2D eigenvalue weighted by atomic mass is 35.5. The van der Waals surface area contributed by atoms with Crippen LogP contribution in [-0.4, -0.2) is 28.0 Å². The lowest BCUT2D eigenvalue weighted by Crippen LogP contribution is -2.33. The van der Waals surface area contributed by atoms with Gasteiger partial charge >= 0.3 is 6.18 Å². The number of hydrogen-bond acceptors (Lipinski definition) is 5. The Bertz CT molecular complexity index is 847. The summed E-state index contributed by atoms with van der Waals surface area (Å²) in [6.45, 7) is 0. The molecule has 0 bridgehead atoms. The number of aromatic nitrogens is 1. The Kier molecular flexibility index (Phi) is 4.90. The second-order valence-corrected chi connectivity index (χ2v) is 6.21. The van der Waals surface area contributed by atoms with E-state index in [9.17, 15) is 18.0 Å². The molecule has 1 amide bonds. The van der Waals surface area contributed by atoms with Crippen molar-refractivity contribution < 1.29 is 27.7 Å². The van der Waals surface area contributed by atoms with Gasteiger partial charge in [-0.15, -0.1) is 0 Å². The van der Waals surface area contributed by atoms with E-state index in [1.54, 1.807) is 0 Å². The van der Waals surface area contributed by atoms with Crippen molar-refractivity contribution in [2.24, 2.45) is 5.16 Å². The van der Waals surface area contributed by atoms with Crippen LogP contribution in [0.15, 0.2) is 33.9 Å². The van der Waals surface area contributed by atoms with Crippen molar-refractivity contribution in [2.75, 3.05) is 0 Å². The van der Waals surface area contributed by atoms with Gasteiger partial charge in [-0.05, 0) is 25.0 Å². The molecule has 1 saturated carbocycles. The first-order chi connectivity index (χ1) is 12.3. The fraction of sp³-hybridized carbons (Fsp3) is 0.312. The van der Waals surface area contributed by atoms with Gasteiger partial charge in [0, 0.05) is 18.0 Å². The Balaban J connectivity index is 1.76. The first kappa shape index (κ1) is 18.2. The van der Waals surface area contributed by atoms with E-state index in [4.69, 9.17) is 21.3 Å². The Hall–Kier alpha value is -2.55. The van der Waals surface area contributed by atoms with Gasteiger partial charge in [-0.25, -0.2) is 0 Å². The quantitative estimate of drug-likeness (QED) is 0.612. The normalized spacial score (nSPS) is 19.1. The van der Waals surface area contributed by atoms with Crippen molar-refractivity contribution in [1.29, 1.82) is 0 Å². The summed E-state index contributed by atoms with van der Waals surface area (Å²) in [6, 6.07) is 3.95.